The zero-order valence-electron chi connectivity index (χ0n) is 10.5. The van der Waals surface area contributed by atoms with Gasteiger partial charge in [0.2, 0.25) is 5.89 Å². The molecular weight excluding hydrogens is 264 g/mol. The molecule has 20 heavy (non-hydrogen) atoms. The third-order valence-electron chi connectivity index (χ3n) is 2.89. The fourth-order valence-corrected chi connectivity index (χ4v) is 1.98. The van der Waals surface area contributed by atoms with Crippen molar-refractivity contribution in [2.75, 3.05) is 0 Å². The molecular formula is C12H10N4O4. The van der Waals surface area contributed by atoms with E-state index in [4.69, 9.17) is 9.63 Å². The second-order valence-corrected chi connectivity index (χ2v) is 4.29. The number of fused-ring (bicyclic) bond motifs is 1. The largest absolute Gasteiger partial charge is 0.478 e. The molecule has 2 aromatic heterocycles. The molecule has 0 unspecified atom stereocenters. The molecule has 1 aromatic carbocycles. The number of benzene rings is 1. The van der Waals surface area contributed by atoms with E-state index in [1.54, 1.807) is 13.0 Å². The van der Waals surface area contributed by atoms with Gasteiger partial charge in [-0.15, -0.1) is 0 Å². The molecule has 3 rings (SSSR count). The standard InChI is InChI=1S/C12H10N4O4/c1-6-13-10(20-15-6)5-16-9-4-7(11(17)18)2-3-8(9)14-12(16)19/h2-4H,5H2,1H3,(H,14,19)(H,17,18). The van der Waals surface area contributed by atoms with E-state index in [-0.39, 0.29) is 23.7 Å². The molecule has 0 aliphatic heterocycles. The van der Waals surface area contributed by atoms with Crippen LogP contribution in [0.3, 0.4) is 0 Å². The second-order valence-electron chi connectivity index (χ2n) is 4.29. The number of hydrogen-bond donors (Lipinski definition) is 2. The van der Waals surface area contributed by atoms with Crippen LogP contribution in [0, 0.1) is 6.92 Å². The number of rotatable bonds is 3. The molecule has 102 valence electrons. The number of aryl methyl sites for hydroxylation is 1. The predicted molar refractivity (Wildman–Crippen MR) is 67.7 cm³/mol. The first-order valence-corrected chi connectivity index (χ1v) is 5.79. The zero-order chi connectivity index (χ0) is 14.3. The third kappa shape index (κ3) is 1.96. The molecule has 0 radical (unpaired) electrons. The van der Waals surface area contributed by atoms with E-state index >= 15 is 0 Å². The maximum Gasteiger partial charge on any atom is 0.335 e. The van der Waals surface area contributed by atoms with Gasteiger partial charge in [0.15, 0.2) is 5.82 Å². The lowest BCUT2D eigenvalue weighted by atomic mass is 10.2. The van der Waals surface area contributed by atoms with Gasteiger partial charge < -0.3 is 14.6 Å². The molecule has 0 saturated heterocycles. The van der Waals surface area contributed by atoms with Gasteiger partial charge in [-0.25, -0.2) is 9.59 Å². The SMILES string of the molecule is Cc1noc(Cn2c(=O)[nH]c3ccc(C(=O)O)cc32)n1. The van der Waals surface area contributed by atoms with Crippen LogP contribution in [0.15, 0.2) is 27.5 Å². The van der Waals surface area contributed by atoms with Crippen molar-refractivity contribution in [3.8, 4) is 0 Å². The average molecular weight is 274 g/mol. The summed E-state index contributed by atoms with van der Waals surface area (Å²) in [6.45, 7) is 1.76. The summed E-state index contributed by atoms with van der Waals surface area (Å²) in [6, 6.07) is 4.41. The van der Waals surface area contributed by atoms with Gasteiger partial charge in [-0.05, 0) is 25.1 Å². The fourth-order valence-electron chi connectivity index (χ4n) is 1.98. The highest BCUT2D eigenvalue weighted by Crippen LogP contribution is 2.14. The molecule has 0 spiro atoms. The Hall–Kier alpha value is -2.90. The molecule has 0 atom stereocenters. The van der Waals surface area contributed by atoms with Gasteiger partial charge >= 0.3 is 11.7 Å². The first-order chi connectivity index (χ1) is 9.54. The maximum atomic E-state index is 11.9. The van der Waals surface area contributed by atoms with Gasteiger partial charge in [0, 0.05) is 0 Å². The number of hydrogen-bond acceptors (Lipinski definition) is 5. The monoisotopic (exact) mass is 274 g/mol. The van der Waals surface area contributed by atoms with Gasteiger partial charge in [-0.1, -0.05) is 5.16 Å². The molecule has 0 aliphatic carbocycles. The number of H-pyrrole nitrogens is 1. The Kier molecular flexibility index (Phi) is 2.63. The van der Waals surface area contributed by atoms with Gasteiger partial charge in [-0.2, -0.15) is 4.98 Å². The number of carbonyl (C=O) groups is 1. The number of carboxylic acid groups (broad SMARTS) is 1. The first kappa shape index (κ1) is 12.2. The van der Waals surface area contributed by atoms with E-state index in [2.05, 4.69) is 15.1 Å². The van der Waals surface area contributed by atoms with Gasteiger partial charge in [-0.3, -0.25) is 4.57 Å². The molecule has 0 fully saturated rings. The normalized spacial score (nSPS) is 11.1. The topological polar surface area (TPSA) is 114 Å². The number of nitrogens with zero attached hydrogens (tertiary/aromatic N) is 3. The maximum absolute atomic E-state index is 11.9. The lowest BCUT2D eigenvalue weighted by molar-refractivity contribution is 0.0697. The Balaban J connectivity index is 2.13. The summed E-state index contributed by atoms with van der Waals surface area (Å²) in [7, 11) is 0. The quantitative estimate of drug-likeness (QED) is 0.729. The molecule has 0 aliphatic rings. The summed E-state index contributed by atoms with van der Waals surface area (Å²) in [6.07, 6.45) is 0. The second kappa shape index (κ2) is 4.34. The number of aromatic nitrogens is 4. The Morgan fingerprint density at radius 2 is 2.30 bits per heavy atom. The Labute approximate surface area is 111 Å². The smallest absolute Gasteiger partial charge is 0.335 e. The number of aromatic carboxylic acids is 1. The molecule has 8 heteroatoms. The molecule has 2 heterocycles. The zero-order valence-corrected chi connectivity index (χ0v) is 10.5. The van der Waals surface area contributed by atoms with Crippen molar-refractivity contribution in [2.24, 2.45) is 0 Å². The number of aromatic amines is 1. The Morgan fingerprint density at radius 3 is 2.95 bits per heavy atom. The van der Waals surface area contributed by atoms with Crippen LogP contribution in [0.25, 0.3) is 11.0 Å². The number of imidazole rings is 1. The molecule has 2 N–H and O–H groups in total. The summed E-state index contributed by atoms with van der Waals surface area (Å²) >= 11 is 0. The van der Waals surface area contributed by atoms with Gasteiger partial charge in [0.1, 0.15) is 6.54 Å². The highest BCUT2D eigenvalue weighted by Gasteiger charge is 2.13. The van der Waals surface area contributed by atoms with Crippen LogP contribution in [0.2, 0.25) is 0 Å². The van der Waals surface area contributed by atoms with Crippen LogP contribution in [0.1, 0.15) is 22.1 Å². The minimum atomic E-state index is -1.05. The molecule has 0 saturated carbocycles. The van der Waals surface area contributed by atoms with E-state index in [1.165, 1.54) is 16.7 Å². The van der Waals surface area contributed by atoms with E-state index in [0.717, 1.165) is 0 Å². The van der Waals surface area contributed by atoms with Crippen molar-refractivity contribution in [1.29, 1.82) is 0 Å². The highest BCUT2D eigenvalue weighted by atomic mass is 16.5. The van der Waals surface area contributed by atoms with Gasteiger partial charge in [0.25, 0.3) is 0 Å². The van der Waals surface area contributed by atoms with Crippen molar-refractivity contribution < 1.29 is 14.4 Å². The molecule has 3 aromatic rings. The van der Waals surface area contributed by atoms with E-state index < -0.39 is 5.97 Å². The number of nitrogens with one attached hydrogen (secondary N) is 1. The Bertz CT molecular complexity index is 858. The lowest BCUT2D eigenvalue weighted by Gasteiger charge is -2.00. The Morgan fingerprint density at radius 1 is 1.50 bits per heavy atom. The summed E-state index contributed by atoms with van der Waals surface area (Å²) in [5.41, 5.74) is 0.771. The van der Waals surface area contributed by atoms with Crippen LogP contribution >= 0.6 is 0 Å². The summed E-state index contributed by atoms with van der Waals surface area (Å²) < 4.78 is 6.32. The predicted octanol–water partition coefficient (Wildman–Crippen LogP) is 0.768. The molecule has 0 bridgehead atoms. The lowest BCUT2D eigenvalue weighted by Crippen LogP contribution is -2.17. The van der Waals surface area contributed by atoms with Crippen LogP contribution in [-0.2, 0) is 6.54 Å². The van der Waals surface area contributed by atoms with E-state index in [0.29, 0.717) is 16.9 Å². The minimum Gasteiger partial charge on any atom is -0.478 e. The third-order valence-corrected chi connectivity index (χ3v) is 2.89. The van der Waals surface area contributed by atoms with Crippen molar-refractivity contribution >= 4 is 17.0 Å². The first-order valence-electron chi connectivity index (χ1n) is 5.79. The molecule has 0 amide bonds. The fraction of sp³-hybridized carbons (Fsp3) is 0.167. The van der Waals surface area contributed by atoms with Crippen molar-refractivity contribution in [2.45, 2.75) is 13.5 Å². The van der Waals surface area contributed by atoms with Crippen LogP contribution in [-0.4, -0.2) is 30.8 Å². The molecule has 8 nitrogen and oxygen atoms in total. The minimum absolute atomic E-state index is 0.0861. The van der Waals surface area contributed by atoms with Crippen molar-refractivity contribution in [3.63, 3.8) is 0 Å². The van der Waals surface area contributed by atoms with Crippen LogP contribution in [0.4, 0.5) is 0 Å². The summed E-state index contributed by atoms with van der Waals surface area (Å²) in [5.74, 6) is -0.300. The summed E-state index contributed by atoms with van der Waals surface area (Å²) in [5, 5.41) is 12.6. The van der Waals surface area contributed by atoms with Crippen molar-refractivity contribution in [3.05, 3.63) is 46.0 Å². The van der Waals surface area contributed by atoms with Gasteiger partial charge in [0.05, 0.1) is 16.6 Å². The highest BCUT2D eigenvalue weighted by molar-refractivity contribution is 5.92. The van der Waals surface area contributed by atoms with E-state index in [1.807, 2.05) is 0 Å². The van der Waals surface area contributed by atoms with Crippen molar-refractivity contribution in [1.82, 2.24) is 19.7 Å². The average Bonchev–Trinajstić information content (AvgIpc) is 2.94. The van der Waals surface area contributed by atoms with E-state index in [9.17, 15) is 9.59 Å². The van der Waals surface area contributed by atoms with Crippen LogP contribution in [0.5, 0.6) is 0 Å². The van der Waals surface area contributed by atoms with Crippen LogP contribution < -0.4 is 5.69 Å². The number of carboxylic acids is 1. The summed E-state index contributed by atoms with van der Waals surface area (Å²) in [4.78, 5) is 29.6.